The van der Waals surface area contributed by atoms with Gasteiger partial charge in [0.05, 0.1) is 17.5 Å². The highest BCUT2D eigenvalue weighted by atomic mass is 32.1. The van der Waals surface area contributed by atoms with Crippen LogP contribution in [0.25, 0.3) is 0 Å². The lowest BCUT2D eigenvalue weighted by Gasteiger charge is -2.34. The molecule has 0 saturated carbocycles. The van der Waals surface area contributed by atoms with E-state index >= 15 is 0 Å². The molecule has 0 bridgehead atoms. The van der Waals surface area contributed by atoms with Gasteiger partial charge in [-0.3, -0.25) is 9.48 Å². The zero-order chi connectivity index (χ0) is 15.1. The van der Waals surface area contributed by atoms with E-state index in [0.717, 1.165) is 67.0 Å². The Morgan fingerprint density at radius 3 is 2.73 bits per heavy atom. The standard InChI is InChI=1S/C14H18N6OS/c1-10-16-17-14(22-10)19-7-5-18(6-8-19)13(21)11-9-15-20-4-2-3-12(11)20/h9H,2-8H2,1H3. The predicted molar refractivity (Wildman–Crippen MR) is 83.3 cm³/mol. The molecule has 0 spiro atoms. The number of hydrogen-bond acceptors (Lipinski definition) is 6. The molecule has 22 heavy (non-hydrogen) atoms. The fourth-order valence-corrected chi connectivity index (χ4v) is 3.87. The van der Waals surface area contributed by atoms with E-state index in [1.165, 1.54) is 0 Å². The van der Waals surface area contributed by atoms with E-state index in [0.29, 0.717) is 0 Å². The molecule has 0 radical (unpaired) electrons. The summed E-state index contributed by atoms with van der Waals surface area (Å²) in [5.41, 5.74) is 1.89. The summed E-state index contributed by atoms with van der Waals surface area (Å²) < 4.78 is 1.97. The molecule has 2 aromatic rings. The van der Waals surface area contributed by atoms with Gasteiger partial charge in [0, 0.05) is 32.7 Å². The van der Waals surface area contributed by atoms with Gasteiger partial charge in [0.2, 0.25) is 5.13 Å². The third kappa shape index (κ3) is 2.27. The number of nitrogens with zero attached hydrogens (tertiary/aromatic N) is 6. The van der Waals surface area contributed by atoms with Crippen LogP contribution in [-0.4, -0.2) is 57.0 Å². The van der Waals surface area contributed by atoms with E-state index in [4.69, 9.17) is 0 Å². The average Bonchev–Trinajstić information content (AvgIpc) is 3.23. The largest absolute Gasteiger partial charge is 0.343 e. The van der Waals surface area contributed by atoms with Crippen molar-refractivity contribution in [1.82, 2.24) is 24.9 Å². The first kappa shape index (κ1) is 13.7. The van der Waals surface area contributed by atoms with Crippen LogP contribution in [0.4, 0.5) is 5.13 Å². The van der Waals surface area contributed by atoms with Crippen molar-refractivity contribution in [2.45, 2.75) is 26.3 Å². The minimum absolute atomic E-state index is 0.122. The van der Waals surface area contributed by atoms with Crippen molar-refractivity contribution in [3.8, 4) is 0 Å². The Labute approximate surface area is 132 Å². The number of carbonyl (C=O) groups excluding carboxylic acids is 1. The van der Waals surface area contributed by atoms with Crippen LogP contribution < -0.4 is 4.90 Å². The Morgan fingerprint density at radius 2 is 2.00 bits per heavy atom. The molecular formula is C14H18N6OS. The van der Waals surface area contributed by atoms with Crippen molar-refractivity contribution in [3.05, 3.63) is 22.5 Å². The quantitative estimate of drug-likeness (QED) is 0.825. The fraction of sp³-hybridized carbons (Fsp3) is 0.571. The maximum Gasteiger partial charge on any atom is 0.257 e. The Kier molecular flexibility index (Phi) is 3.33. The molecule has 2 aliphatic heterocycles. The summed E-state index contributed by atoms with van der Waals surface area (Å²) in [5, 5.41) is 14.5. The number of piperazine rings is 1. The number of fused-ring (bicyclic) bond motifs is 1. The average molecular weight is 318 g/mol. The highest BCUT2D eigenvalue weighted by Gasteiger charge is 2.28. The first-order valence-corrected chi connectivity index (χ1v) is 8.43. The predicted octanol–water partition coefficient (Wildman–Crippen LogP) is 0.952. The Morgan fingerprint density at radius 1 is 1.18 bits per heavy atom. The van der Waals surface area contributed by atoms with Crippen molar-refractivity contribution in [1.29, 1.82) is 0 Å². The summed E-state index contributed by atoms with van der Waals surface area (Å²) >= 11 is 1.60. The van der Waals surface area contributed by atoms with Crippen LogP contribution in [0.5, 0.6) is 0 Å². The van der Waals surface area contributed by atoms with Gasteiger partial charge in [-0.1, -0.05) is 11.3 Å². The van der Waals surface area contributed by atoms with E-state index in [1.807, 2.05) is 16.5 Å². The highest BCUT2D eigenvalue weighted by Crippen LogP contribution is 2.23. The number of carbonyl (C=O) groups is 1. The number of anilines is 1. The summed E-state index contributed by atoms with van der Waals surface area (Å²) in [4.78, 5) is 16.8. The lowest BCUT2D eigenvalue weighted by atomic mass is 10.1. The Balaban J connectivity index is 1.44. The van der Waals surface area contributed by atoms with Gasteiger partial charge in [0.1, 0.15) is 5.01 Å². The van der Waals surface area contributed by atoms with Gasteiger partial charge in [-0.25, -0.2) is 0 Å². The van der Waals surface area contributed by atoms with Gasteiger partial charge in [0.25, 0.3) is 5.91 Å². The summed E-state index contributed by atoms with van der Waals surface area (Å²) in [6.07, 6.45) is 3.79. The lowest BCUT2D eigenvalue weighted by Crippen LogP contribution is -2.48. The van der Waals surface area contributed by atoms with Crippen molar-refractivity contribution >= 4 is 22.4 Å². The summed E-state index contributed by atoms with van der Waals surface area (Å²) in [5.74, 6) is 0.122. The maximum atomic E-state index is 12.7. The topological polar surface area (TPSA) is 67.2 Å². The van der Waals surface area contributed by atoms with Gasteiger partial charge in [0.15, 0.2) is 0 Å². The first-order valence-electron chi connectivity index (χ1n) is 7.61. The van der Waals surface area contributed by atoms with Crippen LogP contribution in [0.15, 0.2) is 6.20 Å². The number of aromatic nitrogens is 4. The molecule has 0 atom stereocenters. The molecule has 116 valence electrons. The first-order chi connectivity index (χ1) is 10.7. The zero-order valence-electron chi connectivity index (χ0n) is 12.5. The van der Waals surface area contributed by atoms with Crippen molar-refractivity contribution in [3.63, 3.8) is 0 Å². The maximum absolute atomic E-state index is 12.7. The molecule has 1 saturated heterocycles. The molecule has 2 aromatic heterocycles. The van der Waals surface area contributed by atoms with Gasteiger partial charge >= 0.3 is 0 Å². The van der Waals surface area contributed by atoms with Crippen LogP contribution >= 0.6 is 11.3 Å². The van der Waals surface area contributed by atoms with Gasteiger partial charge in [-0.2, -0.15) is 5.10 Å². The van der Waals surface area contributed by atoms with E-state index in [2.05, 4.69) is 20.2 Å². The van der Waals surface area contributed by atoms with E-state index < -0.39 is 0 Å². The van der Waals surface area contributed by atoms with Crippen LogP contribution in [-0.2, 0) is 13.0 Å². The summed E-state index contributed by atoms with van der Waals surface area (Å²) in [7, 11) is 0. The molecule has 0 N–H and O–H groups in total. The summed E-state index contributed by atoms with van der Waals surface area (Å²) in [6.45, 7) is 5.96. The van der Waals surface area contributed by atoms with Crippen LogP contribution in [0.3, 0.4) is 0 Å². The third-order valence-corrected chi connectivity index (χ3v) is 5.21. The molecule has 0 aliphatic carbocycles. The molecule has 4 rings (SSSR count). The molecule has 1 amide bonds. The number of aryl methyl sites for hydroxylation is 2. The minimum atomic E-state index is 0.122. The van der Waals surface area contributed by atoms with Crippen LogP contribution in [0.1, 0.15) is 27.5 Å². The van der Waals surface area contributed by atoms with Crippen molar-refractivity contribution in [2.75, 3.05) is 31.1 Å². The fourth-order valence-electron chi connectivity index (χ4n) is 3.13. The number of amides is 1. The second-order valence-electron chi connectivity index (χ2n) is 5.71. The van der Waals surface area contributed by atoms with Crippen molar-refractivity contribution < 1.29 is 4.79 Å². The third-order valence-electron chi connectivity index (χ3n) is 4.32. The van der Waals surface area contributed by atoms with Gasteiger partial charge in [-0.05, 0) is 19.8 Å². The second-order valence-corrected chi connectivity index (χ2v) is 6.87. The smallest absolute Gasteiger partial charge is 0.257 e. The monoisotopic (exact) mass is 318 g/mol. The van der Waals surface area contributed by atoms with Crippen LogP contribution in [0.2, 0.25) is 0 Å². The highest BCUT2D eigenvalue weighted by molar-refractivity contribution is 7.15. The minimum Gasteiger partial charge on any atom is -0.343 e. The second kappa shape index (κ2) is 5.35. The van der Waals surface area contributed by atoms with Gasteiger partial charge in [-0.15, -0.1) is 10.2 Å². The lowest BCUT2D eigenvalue weighted by molar-refractivity contribution is 0.0745. The molecule has 8 heteroatoms. The van der Waals surface area contributed by atoms with E-state index in [-0.39, 0.29) is 5.91 Å². The molecule has 2 aliphatic rings. The zero-order valence-corrected chi connectivity index (χ0v) is 13.3. The molecule has 1 fully saturated rings. The number of rotatable bonds is 2. The van der Waals surface area contributed by atoms with E-state index in [1.54, 1.807) is 17.5 Å². The number of hydrogen-bond donors (Lipinski definition) is 0. The van der Waals surface area contributed by atoms with E-state index in [9.17, 15) is 4.79 Å². The van der Waals surface area contributed by atoms with Gasteiger partial charge < -0.3 is 9.80 Å². The molecule has 7 nitrogen and oxygen atoms in total. The van der Waals surface area contributed by atoms with Crippen molar-refractivity contribution in [2.24, 2.45) is 0 Å². The van der Waals surface area contributed by atoms with Crippen LogP contribution in [0, 0.1) is 6.92 Å². The molecular weight excluding hydrogens is 300 g/mol. The molecule has 0 unspecified atom stereocenters. The molecule has 4 heterocycles. The summed E-state index contributed by atoms with van der Waals surface area (Å²) in [6, 6.07) is 0. The normalized spacial score (nSPS) is 17.9. The molecule has 0 aromatic carbocycles. The SMILES string of the molecule is Cc1nnc(N2CCN(C(=O)c3cnn4c3CCC4)CC2)s1. The Hall–Kier alpha value is -1.96. The Bertz CT molecular complexity index is 700.